The van der Waals surface area contributed by atoms with Crippen molar-refractivity contribution in [2.45, 2.75) is 33.1 Å². The molecule has 0 aromatic heterocycles. The van der Waals surface area contributed by atoms with Crippen LogP contribution < -0.4 is 5.32 Å². The molecule has 0 aliphatic heterocycles. The summed E-state index contributed by atoms with van der Waals surface area (Å²) in [7, 11) is 1.68. The van der Waals surface area contributed by atoms with Gasteiger partial charge in [0.15, 0.2) is 0 Å². The van der Waals surface area contributed by atoms with E-state index in [2.05, 4.69) is 5.32 Å². The molecule has 0 aromatic rings. The third-order valence-electron chi connectivity index (χ3n) is 3.99. The number of amides is 2. The number of carboxylic acid groups (broad SMARTS) is 1. The zero-order chi connectivity index (χ0) is 15.2. The van der Waals surface area contributed by atoms with Crippen LogP contribution in [0.25, 0.3) is 0 Å². The summed E-state index contributed by atoms with van der Waals surface area (Å²) in [4.78, 5) is 24.5. The minimum Gasteiger partial charge on any atom is -0.481 e. The van der Waals surface area contributed by atoms with Crippen LogP contribution in [-0.4, -0.2) is 55.4 Å². The second-order valence-corrected chi connectivity index (χ2v) is 5.68. The topological polar surface area (TPSA) is 78.9 Å². The molecule has 0 heterocycles. The van der Waals surface area contributed by atoms with E-state index in [-0.39, 0.29) is 18.0 Å². The SMILES string of the molecule is CCN(CC(C)C(=O)O)C(=O)NCC1(CCOC)CC1. The molecule has 2 amide bonds. The number of urea groups is 1. The fraction of sp³-hybridized carbons (Fsp3) is 0.857. The first-order valence-corrected chi connectivity index (χ1v) is 7.18. The molecule has 0 radical (unpaired) electrons. The van der Waals surface area contributed by atoms with E-state index in [0.717, 1.165) is 19.3 Å². The average molecular weight is 286 g/mol. The van der Waals surface area contributed by atoms with Gasteiger partial charge in [-0.25, -0.2) is 4.79 Å². The summed E-state index contributed by atoms with van der Waals surface area (Å²) in [6.07, 6.45) is 3.20. The molecule has 6 nitrogen and oxygen atoms in total. The van der Waals surface area contributed by atoms with E-state index in [9.17, 15) is 9.59 Å². The molecular formula is C14H26N2O4. The fourth-order valence-corrected chi connectivity index (χ4v) is 2.15. The van der Waals surface area contributed by atoms with Crippen molar-refractivity contribution in [3.05, 3.63) is 0 Å². The number of hydrogen-bond acceptors (Lipinski definition) is 3. The van der Waals surface area contributed by atoms with Gasteiger partial charge in [-0.3, -0.25) is 4.79 Å². The molecule has 6 heteroatoms. The van der Waals surface area contributed by atoms with Gasteiger partial charge >= 0.3 is 12.0 Å². The number of carbonyl (C=O) groups is 2. The van der Waals surface area contributed by atoms with E-state index in [0.29, 0.717) is 19.7 Å². The summed E-state index contributed by atoms with van der Waals surface area (Å²) in [6.45, 7) is 5.57. The van der Waals surface area contributed by atoms with E-state index in [1.807, 2.05) is 6.92 Å². The highest BCUT2D eigenvalue weighted by Crippen LogP contribution is 2.48. The number of rotatable bonds is 9. The van der Waals surface area contributed by atoms with E-state index in [1.165, 1.54) is 0 Å². The zero-order valence-electron chi connectivity index (χ0n) is 12.6. The molecule has 1 rings (SSSR count). The maximum Gasteiger partial charge on any atom is 0.317 e. The second kappa shape index (κ2) is 7.47. The monoisotopic (exact) mass is 286 g/mol. The van der Waals surface area contributed by atoms with Gasteiger partial charge in [-0.05, 0) is 31.6 Å². The summed E-state index contributed by atoms with van der Waals surface area (Å²) in [5, 5.41) is 11.8. The average Bonchev–Trinajstić information content (AvgIpc) is 3.20. The Labute approximate surface area is 120 Å². The molecular weight excluding hydrogens is 260 g/mol. The Morgan fingerprint density at radius 2 is 2.10 bits per heavy atom. The van der Waals surface area contributed by atoms with Crippen LogP contribution in [0.2, 0.25) is 0 Å². The molecule has 1 fully saturated rings. The van der Waals surface area contributed by atoms with Gasteiger partial charge in [0.2, 0.25) is 0 Å². The highest BCUT2D eigenvalue weighted by molar-refractivity contribution is 5.76. The van der Waals surface area contributed by atoms with Gasteiger partial charge in [0.05, 0.1) is 5.92 Å². The van der Waals surface area contributed by atoms with Crippen LogP contribution in [0.15, 0.2) is 0 Å². The number of nitrogens with one attached hydrogen (secondary N) is 1. The molecule has 0 bridgehead atoms. The number of ether oxygens (including phenoxy) is 1. The smallest absolute Gasteiger partial charge is 0.317 e. The Kier molecular flexibility index (Phi) is 6.26. The Bertz CT molecular complexity index is 342. The van der Waals surface area contributed by atoms with Crippen molar-refractivity contribution in [1.29, 1.82) is 0 Å². The lowest BCUT2D eigenvalue weighted by Gasteiger charge is -2.25. The van der Waals surface area contributed by atoms with E-state index in [1.54, 1.807) is 18.9 Å². The number of hydrogen-bond donors (Lipinski definition) is 2. The molecule has 1 atom stereocenters. The Balaban J connectivity index is 2.38. The number of methoxy groups -OCH3 is 1. The third-order valence-corrected chi connectivity index (χ3v) is 3.99. The van der Waals surface area contributed by atoms with E-state index in [4.69, 9.17) is 9.84 Å². The molecule has 0 spiro atoms. The Hall–Kier alpha value is -1.30. The van der Waals surface area contributed by atoms with Crippen LogP contribution >= 0.6 is 0 Å². The molecule has 1 aliphatic rings. The van der Waals surface area contributed by atoms with Crippen LogP contribution in [0.3, 0.4) is 0 Å². The van der Waals surface area contributed by atoms with Crippen molar-refractivity contribution in [2.24, 2.45) is 11.3 Å². The first-order valence-electron chi connectivity index (χ1n) is 7.18. The molecule has 116 valence electrons. The van der Waals surface area contributed by atoms with E-state index >= 15 is 0 Å². The lowest BCUT2D eigenvalue weighted by atomic mass is 10.0. The maximum atomic E-state index is 12.1. The standard InChI is InChI=1S/C14H26N2O4/c1-4-16(9-11(2)12(17)18)13(19)15-10-14(5-6-14)7-8-20-3/h11H,4-10H2,1-3H3,(H,15,19)(H,17,18). The summed E-state index contributed by atoms with van der Waals surface area (Å²) in [5.41, 5.74) is 0.198. The minimum absolute atomic E-state index is 0.177. The van der Waals surface area contributed by atoms with Gasteiger partial charge < -0.3 is 20.1 Å². The number of carbonyl (C=O) groups excluding carboxylic acids is 1. The molecule has 0 aromatic carbocycles. The minimum atomic E-state index is -0.880. The van der Waals surface area contributed by atoms with E-state index < -0.39 is 11.9 Å². The van der Waals surface area contributed by atoms with Crippen molar-refractivity contribution in [2.75, 3.05) is 33.4 Å². The molecule has 2 N–H and O–H groups in total. The van der Waals surface area contributed by atoms with Gasteiger partial charge in [-0.15, -0.1) is 0 Å². The van der Waals surface area contributed by atoms with Crippen LogP contribution in [0.5, 0.6) is 0 Å². The van der Waals surface area contributed by atoms with Crippen molar-refractivity contribution in [3.8, 4) is 0 Å². The van der Waals surface area contributed by atoms with Gasteiger partial charge in [0.25, 0.3) is 0 Å². The van der Waals surface area contributed by atoms with Crippen molar-refractivity contribution < 1.29 is 19.4 Å². The van der Waals surface area contributed by atoms with Gasteiger partial charge in [-0.2, -0.15) is 0 Å². The van der Waals surface area contributed by atoms with Crippen LogP contribution in [0.4, 0.5) is 4.79 Å². The van der Waals surface area contributed by atoms with Gasteiger partial charge in [0, 0.05) is 33.4 Å². The van der Waals surface area contributed by atoms with Gasteiger partial charge in [-0.1, -0.05) is 6.92 Å². The number of carboxylic acids is 1. The van der Waals surface area contributed by atoms with Crippen LogP contribution in [0, 0.1) is 11.3 Å². The first kappa shape index (κ1) is 16.8. The molecule has 1 unspecified atom stereocenters. The summed E-state index contributed by atoms with van der Waals surface area (Å²) in [6, 6.07) is -0.177. The van der Waals surface area contributed by atoms with Crippen molar-refractivity contribution in [3.63, 3.8) is 0 Å². The normalized spacial score (nSPS) is 17.4. The predicted molar refractivity (Wildman–Crippen MR) is 75.6 cm³/mol. The highest BCUT2D eigenvalue weighted by atomic mass is 16.5. The molecule has 0 saturated heterocycles. The number of nitrogens with zero attached hydrogens (tertiary/aromatic N) is 1. The third kappa shape index (κ3) is 5.00. The maximum absolute atomic E-state index is 12.1. The quantitative estimate of drug-likeness (QED) is 0.674. The highest BCUT2D eigenvalue weighted by Gasteiger charge is 2.42. The fourth-order valence-electron chi connectivity index (χ4n) is 2.15. The van der Waals surface area contributed by atoms with Crippen LogP contribution in [0.1, 0.15) is 33.1 Å². The lowest BCUT2D eigenvalue weighted by molar-refractivity contribution is -0.141. The first-order chi connectivity index (χ1) is 9.44. The summed E-state index contributed by atoms with van der Waals surface area (Å²) >= 11 is 0. The number of aliphatic carboxylic acids is 1. The molecule has 1 aliphatic carbocycles. The van der Waals surface area contributed by atoms with Crippen molar-refractivity contribution >= 4 is 12.0 Å². The second-order valence-electron chi connectivity index (χ2n) is 5.68. The van der Waals surface area contributed by atoms with Crippen molar-refractivity contribution in [1.82, 2.24) is 10.2 Å². The summed E-state index contributed by atoms with van der Waals surface area (Å²) in [5.74, 6) is -1.43. The Morgan fingerprint density at radius 1 is 1.45 bits per heavy atom. The lowest BCUT2D eigenvalue weighted by Crippen LogP contribution is -2.45. The van der Waals surface area contributed by atoms with Crippen LogP contribution in [-0.2, 0) is 9.53 Å². The molecule has 20 heavy (non-hydrogen) atoms. The molecule has 1 saturated carbocycles. The predicted octanol–water partition coefficient (Wildman–Crippen LogP) is 1.56. The largest absolute Gasteiger partial charge is 0.481 e. The zero-order valence-corrected chi connectivity index (χ0v) is 12.6. The van der Waals surface area contributed by atoms with Gasteiger partial charge in [0.1, 0.15) is 0 Å². The summed E-state index contributed by atoms with van der Waals surface area (Å²) < 4.78 is 5.08. The Morgan fingerprint density at radius 3 is 2.55 bits per heavy atom.